The zero-order chi connectivity index (χ0) is 19.4. The number of hydrogen-bond donors (Lipinski definition) is 3. The van der Waals surface area contributed by atoms with Gasteiger partial charge in [-0.05, 0) is 35.8 Å². The van der Waals surface area contributed by atoms with Gasteiger partial charge in [-0.25, -0.2) is 10.1 Å². The third kappa shape index (κ3) is 3.76. The number of amides is 1. The first-order valence-electron chi connectivity index (χ1n) is 8.18. The third-order valence-corrected chi connectivity index (χ3v) is 3.75. The van der Waals surface area contributed by atoms with Gasteiger partial charge in [-0.15, -0.1) is 5.10 Å². The van der Waals surface area contributed by atoms with Crippen molar-refractivity contribution in [1.29, 1.82) is 0 Å². The Hall–Kier alpha value is -3.76. The van der Waals surface area contributed by atoms with Gasteiger partial charge in [-0.3, -0.25) is 4.79 Å². The second-order valence-corrected chi connectivity index (χ2v) is 5.71. The van der Waals surface area contributed by atoms with Crippen molar-refractivity contribution >= 4 is 17.4 Å². The van der Waals surface area contributed by atoms with Crippen LogP contribution in [0.3, 0.4) is 0 Å². The lowest BCUT2D eigenvalue weighted by Crippen LogP contribution is -2.21. The van der Waals surface area contributed by atoms with Crippen LogP contribution in [0.2, 0.25) is 0 Å². The Bertz CT molecular complexity index is 991. The molecule has 1 aromatic carbocycles. The number of benzene rings is 1. The average Bonchev–Trinajstić information content (AvgIpc) is 3.25. The van der Waals surface area contributed by atoms with E-state index >= 15 is 0 Å². The molecule has 0 atom stereocenters. The summed E-state index contributed by atoms with van der Waals surface area (Å²) in [5.41, 5.74) is 9.97. The van der Waals surface area contributed by atoms with Gasteiger partial charge < -0.3 is 10.8 Å². The Morgan fingerprint density at radius 1 is 1.41 bits per heavy atom. The summed E-state index contributed by atoms with van der Waals surface area (Å²) in [7, 11) is 0. The molecule has 0 radical (unpaired) electrons. The van der Waals surface area contributed by atoms with Gasteiger partial charge in [-0.2, -0.15) is 9.78 Å². The molecule has 0 bridgehead atoms. The van der Waals surface area contributed by atoms with E-state index in [4.69, 9.17) is 5.73 Å². The fourth-order valence-electron chi connectivity index (χ4n) is 2.43. The summed E-state index contributed by atoms with van der Waals surface area (Å²) in [6.45, 7) is 3.66. The molecular formula is C16H18N8O3. The topological polar surface area (TPSA) is 157 Å². The van der Waals surface area contributed by atoms with Crippen LogP contribution in [0.25, 0.3) is 5.82 Å². The Morgan fingerprint density at radius 3 is 2.89 bits per heavy atom. The van der Waals surface area contributed by atoms with Gasteiger partial charge in [0.05, 0.1) is 11.4 Å². The highest BCUT2D eigenvalue weighted by Crippen LogP contribution is 2.17. The van der Waals surface area contributed by atoms with Gasteiger partial charge in [0.1, 0.15) is 5.75 Å². The van der Waals surface area contributed by atoms with Gasteiger partial charge in [0.25, 0.3) is 5.91 Å². The molecule has 2 aromatic heterocycles. The monoisotopic (exact) mass is 370 g/mol. The number of phenols is 1. The van der Waals surface area contributed by atoms with Gasteiger partial charge >= 0.3 is 0 Å². The maximum absolute atomic E-state index is 12.5. The first-order valence-corrected chi connectivity index (χ1v) is 8.18. The van der Waals surface area contributed by atoms with E-state index in [9.17, 15) is 9.90 Å². The van der Waals surface area contributed by atoms with Crippen LogP contribution >= 0.6 is 0 Å². The lowest BCUT2D eigenvalue weighted by Gasteiger charge is -2.05. The number of nitrogens with zero attached hydrogens (tertiary/aromatic N) is 6. The minimum absolute atomic E-state index is 0.0435. The molecule has 0 aliphatic heterocycles. The largest absolute Gasteiger partial charge is 0.508 e. The van der Waals surface area contributed by atoms with Crippen molar-refractivity contribution < 1.29 is 14.5 Å². The summed E-state index contributed by atoms with van der Waals surface area (Å²) in [5, 5.41) is 28.7. The second-order valence-electron chi connectivity index (χ2n) is 5.71. The number of nitrogens with two attached hydrogens (primary N) is 1. The highest BCUT2D eigenvalue weighted by molar-refractivity contribution is 6.00. The first kappa shape index (κ1) is 18.0. The summed E-state index contributed by atoms with van der Waals surface area (Å²) < 4.78 is 5.91. The van der Waals surface area contributed by atoms with Crippen LogP contribution in [0.1, 0.15) is 42.0 Å². The molecule has 0 aliphatic carbocycles. The summed E-state index contributed by atoms with van der Waals surface area (Å²) in [6.07, 6.45) is 1.25. The number of aromatic nitrogens is 5. The average molecular weight is 370 g/mol. The highest BCUT2D eigenvalue weighted by Gasteiger charge is 2.23. The number of rotatable bonds is 6. The van der Waals surface area contributed by atoms with Crippen LogP contribution in [0.15, 0.2) is 34.0 Å². The Kier molecular flexibility index (Phi) is 5.11. The normalized spacial score (nSPS) is 11.6. The number of carbonyl (C=O) groups is 1. The lowest BCUT2D eigenvalue weighted by molar-refractivity contribution is 0.0948. The van der Waals surface area contributed by atoms with Crippen molar-refractivity contribution in [2.24, 2.45) is 5.10 Å². The van der Waals surface area contributed by atoms with Crippen LogP contribution in [0, 0.1) is 0 Å². The molecule has 0 aliphatic rings. The molecule has 4 N–H and O–H groups in total. The quantitative estimate of drug-likeness (QED) is 0.429. The number of hydrazone groups is 1. The van der Waals surface area contributed by atoms with Crippen LogP contribution < -0.4 is 11.2 Å². The number of phenolic OH excluding ortho intramolecular Hbond substituents is 1. The van der Waals surface area contributed by atoms with Crippen molar-refractivity contribution in [3.63, 3.8) is 0 Å². The zero-order valence-corrected chi connectivity index (χ0v) is 14.7. The standard InChI is InChI=1S/C16H18N8O3/c1-3-5-12-13(19-23-24(12)15-14(17)21-27-22-15)16(26)20-18-9(2)10-6-4-7-11(25)8-10/h4,6-8,25H,3,5H2,1-2H3,(H2,17,21)(H,20,26)/b18-9+. The third-order valence-electron chi connectivity index (χ3n) is 3.75. The maximum atomic E-state index is 12.5. The highest BCUT2D eigenvalue weighted by atomic mass is 16.6. The molecule has 0 saturated carbocycles. The fraction of sp³-hybridized carbons (Fsp3) is 0.250. The molecule has 11 heteroatoms. The molecule has 11 nitrogen and oxygen atoms in total. The molecular weight excluding hydrogens is 352 g/mol. The molecule has 0 unspecified atom stereocenters. The smallest absolute Gasteiger partial charge is 0.293 e. The van der Waals surface area contributed by atoms with Crippen LogP contribution in [0.5, 0.6) is 5.75 Å². The summed E-state index contributed by atoms with van der Waals surface area (Å²) in [5.74, 6) is -0.203. The van der Waals surface area contributed by atoms with Crippen molar-refractivity contribution in [3.05, 3.63) is 41.2 Å². The minimum atomic E-state index is -0.528. The minimum Gasteiger partial charge on any atom is -0.508 e. The predicted molar refractivity (Wildman–Crippen MR) is 95.4 cm³/mol. The SMILES string of the molecule is CCCc1c(C(=O)N/N=C(\C)c2cccc(O)c2)nnn1-c1nonc1N. The summed E-state index contributed by atoms with van der Waals surface area (Å²) in [6, 6.07) is 6.55. The molecule has 0 fully saturated rings. The zero-order valence-electron chi connectivity index (χ0n) is 14.7. The first-order chi connectivity index (χ1) is 13.0. The lowest BCUT2D eigenvalue weighted by atomic mass is 10.1. The summed E-state index contributed by atoms with van der Waals surface area (Å²) >= 11 is 0. The molecule has 0 saturated heterocycles. The van der Waals surface area contributed by atoms with E-state index in [2.05, 4.69) is 35.8 Å². The number of nitrogen functional groups attached to an aromatic ring is 1. The van der Waals surface area contributed by atoms with Crippen molar-refractivity contribution in [3.8, 4) is 11.6 Å². The van der Waals surface area contributed by atoms with Gasteiger partial charge in [0.2, 0.25) is 11.6 Å². The number of nitrogens with one attached hydrogen (secondary N) is 1. The van der Waals surface area contributed by atoms with E-state index in [1.165, 1.54) is 4.68 Å². The molecule has 3 aromatic rings. The molecule has 3 rings (SSSR count). The van der Waals surface area contributed by atoms with Crippen molar-refractivity contribution in [1.82, 2.24) is 30.7 Å². The van der Waals surface area contributed by atoms with E-state index < -0.39 is 5.91 Å². The second kappa shape index (κ2) is 7.64. The van der Waals surface area contributed by atoms with E-state index in [-0.39, 0.29) is 23.1 Å². The van der Waals surface area contributed by atoms with Crippen molar-refractivity contribution in [2.45, 2.75) is 26.7 Å². The van der Waals surface area contributed by atoms with E-state index in [0.29, 0.717) is 23.4 Å². The van der Waals surface area contributed by atoms with E-state index in [1.807, 2.05) is 6.92 Å². The fourth-order valence-corrected chi connectivity index (χ4v) is 2.43. The van der Waals surface area contributed by atoms with Gasteiger partial charge in [0, 0.05) is 5.56 Å². The van der Waals surface area contributed by atoms with Crippen molar-refractivity contribution in [2.75, 3.05) is 5.73 Å². The molecule has 140 valence electrons. The maximum Gasteiger partial charge on any atom is 0.293 e. The van der Waals surface area contributed by atoms with Gasteiger partial charge in [-0.1, -0.05) is 30.7 Å². The van der Waals surface area contributed by atoms with E-state index in [1.54, 1.807) is 31.2 Å². The van der Waals surface area contributed by atoms with Crippen LogP contribution in [-0.2, 0) is 6.42 Å². The Labute approximate surface area is 153 Å². The number of hydrogen-bond acceptors (Lipinski definition) is 9. The van der Waals surface area contributed by atoms with E-state index in [0.717, 1.165) is 6.42 Å². The molecule has 1 amide bonds. The Balaban J connectivity index is 1.85. The van der Waals surface area contributed by atoms with Crippen LogP contribution in [-0.4, -0.2) is 42.0 Å². The van der Waals surface area contributed by atoms with Gasteiger partial charge in [0.15, 0.2) is 5.69 Å². The molecule has 27 heavy (non-hydrogen) atoms. The molecule has 0 spiro atoms. The number of aromatic hydroxyl groups is 1. The predicted octanol–water partition coefficient (Wildman–Crippen LogP) is 1.04. The summed E-state index contributed by atoms with van der Waals surface area (Å²) in [4.78, 5) is 12.5. The Morgan fingerprint density at radius 2 is 2.22 bits per heavy atom. The number of anilines is 1. The number of carbonyl (C=O) groups excluding carboxylic acids is 1. The van der Waals surface area contributed by atoms with Crippen LogP contribution in [0.4, 0.5) is 5.82 Å². The molecule has 2 heterocycles.